The van der Waals surface area contributed by atoms with Gasteiger partial charge in [0.25, 0.3) is 0 Å². The number of nitrogens with zero attached hydrogens (tertiary/aromatic N) is 4. The molecule has 1 heterocycles. The first-order chi connectivity index (χ1) is 8.86. The lowest BCUT2D eigenvalue weighted by Gasteiger charge is -2.18. The van der Waals surface area contributed by atoms with E-state index in [-0.39, 0.29) is 41.4 Å². The smallest absolute Gasteiger partial charge is 0.332 e. The Hall–Kier alpha value is -1.96. The van der Waals surface area contributed by atoms with E-state index < -0.39 is 4.92 Å². The summed E-state index contributed by atoms with van der Waals surface area (Å²) in [5, 5.41) is 13.4. The molecule has 1 amide bonds. The van der Waals surface area contributed by atoms with Crippen molar-refractivity contribution in [1.29, 1.82) is 0 Å². The molecule has 1 rings (SSSR count). The van der Waals surface area contributed by atoms with Crippen LogP contribution in [0.3, 0.4) is 0 Å². The van der Waals surface area contributed by atoms with Crippen molar-refractivity contribution >= 4 is 29.0 Å². The van der Waals surface area contributed by atoms with Gasteiger partial charge in [-0.25, -0.2) is 4.98 Å². The van der Waals surface area contributed by atoms with Crippen molar-refractivity contribution in [3.05, 3.63) is 21.1 Å². The van der Waals surface area contributed by atoms with Gasteiger partial charge < -0.3 is 10.2 Å². The van der Waals surface area contributed by atoms with Crippen molar-refractivity contribution < 1.29 is 9.72 Å². The van der Waals surface area contributed by atoms with E-state index in [0.717, 1.165) is 0 Å². The number of hydrogen-bond donors (Lipinski definition) is 1. The number of rotatable bonds is 5. The Labute approximate surface area is 114 Å². The molecular weight excluding hydrogens is 274 g/mol. The van der Waals surface area contributed by atoms with Crippen LogP contribution in [-0.2, 0) is 4.79 Å². The van der Waals surface area contributed by atoms with Crippen LogP contribution >= 0.6 is 11.6 Å². The first-order valence-electron chi connectivity index (χ1n) is 5.47. The number of amides is 1. The lowest BCUT2D eigenvalue weighted by Crippen LogP contribution is -2.27. The van der Waals surface area contributed by atoms with Gasteiger partial charge in [0.05, 0.1) is 4.92 Å². The van der Waals surface area contributed by atoms with Gasteiger partial charge in [-0.2, -0.15) is 4.98 Å². The molecule has 0 aliphatic carbocycles. The van der Waals surface area contributed by atoms with Crippen molar-refractivity contribution in [3.63, 3.8) is 0 Å². The topological polar surface area (TPSA) is 101 Å². The minimum absolute atomic E-state index is 0.0649. The van der Waals surface area contributed by atoms with E-state index in [1.54, 1.807) is 7.05 Å². The fourth-order valence-corrected chi connectivity index (χ4v) is 1.71. The van der Waals surface area contributed by atoms with Crippen LogP contribution in [0.2, 0.25) is 5.28 Å². The molecule has 0 radical (unpaired) electrons. The normalized spacial score (nSPS) is 10.1. The summed E-state index contributed by atoms with van der Waals surface area (Å²) in [6.45, 7) is 1.77. The number of hydrogen-bond acceptors (Lipinski definition) is 6. The highest BCUT2D eigenvalue weighted by molar-refractivity contribution is 6.28. The highest BCUT2D eigenvalue weighted by Gasteiger charge is 2.24. The standard InChI is InChI=1S/C10H14ClN5O3/c1-6-8(16(18)19)9(14-10(11)13-6)15(3)5-4-7(17)12-2/h4-5H2,1-3H3,(H,12,17). The van der Waals surface area contributed by atoms with Crippen molar-refractivity contribution in [3.8, 4) is 0 Å². The summed E-state index contributed by atoms with van der Waals surface area (Å²) in [4.78, 5) is 30.8. The molecule has 1 N–H and O–H groups in total. The first kappa shape index (κ1) is 15.1. The Balaban J connectivity index is 3.04. The zero-order valence-corrected chi connectivity index (χ0v) is 11.6. The van der Waals surface area contributed by atoms with E-state index in [0.29, 0.717) is 0 Å². The number of nitrogens with one attached hydrogen (secondary N) is 1. The number of carbonyl (C=O) groups is 1. The van der Waals surface area contributed by atoms with Crippen LogP contribution in [0.1, 0.15) is 12.1 Å². The number of nitro groups is 1. The molecule has 1 aromatic heterocycles. The molecule has 104 valence electrons. The van der Waals surface area contributed by atoms with Crippen LogP contribution in [-0.4, -0.2) is 41.4 Å². The second kappa shape index (κ2) is 6.28. The Kier molecular flexibility index (Phi) is 4.99. The molecule has 0 aliphatic rings. The molecule has 0 aliphatic heterocycles. The Morgan fingerprint density at radius 1 is 1.53 bits per heavy atom. The number of aromatic nitrogens is 2. The molecule has 9 heteroatoms. The molecule has 0 aromatic carbocycles. The fraction of sp³-hybridized carbons (Fsp3) is 0.500. The van der Waals surface area contributed by atoms with Crippen LogP contribution < -0.4 is 10.2 Å². The van der Waals surface area contributed by atoms with Gasteiger partial charge in [-0.3, -0.25) is 14.9 Å². The summed E-state index contributed by atoms with van der Waals surface area (Å²) in [6.07, 6.45) is 0.199. The predicted molar refractivity (Wildman–Crippen MR) is 70.4 cm³/mol. The quantitative estimate of drug-likeness (QED) is 0.491. The number of carbonyl (C=O) groups excluding carboxylic acids is 1. The SMILES string of the molecule is CNC(=O)CCN(C)c1nc(Cl)nc(C)c1[N+](=O)[O-]. The van der Waals surface area contributed by atoms with Gasteiger partial charge in [0.1, 0.15) is 5.69 Å². The van der Waals surface area contributed by atoms with Crippen molar-refractivity contribution in [2.45, 2.75) is 13.3 Å². The van der Waals surface area contributed by atoms with Crippen molar-refractivity contribution in [1.82, 2.24) is 15.3 Å². The number of aryl methyl sites for hydroxylation is 1. The largest absolute Gasteiger partial charge is 0.359 e. The molecular formula is C10H14ClN5O3. The van der Waals surface area contributed by atoms with E-state index in [2.05, 4.69) is 15.3 Å². The van der Waals surface area contributed by atoms with Crippen molar-refractivity contribution in [2.24, 2.45) is 0 Å². The second-order valence-electron chi connectivity index (χ2n) is 3.85. The third-order valence-electron chi connectivity index (χ3n) is 2.51. The minimum Gasteiger partial charge on any atom is -0.359 e. The Morgan fingerprint density at radius 3 is 2.68 bits per heavy atom. The average molecular weight is 288 g/mol. The third kappa shape index (κ3) is 3.75. The van der Waals surface area contributed by atoms with Gasteiger partial charge in [-0.05, 0) is 18.5 Å². The third-order valence-corrected chi connectivity index (χ3v) is 2.68. The highest BCUT2D eigenvalue weighted by atomic mass is 35.5. The molecule has 0 spiro atoms. The molecule has 0 bridgehead atoms. The molecule has 1 aromatic rings. The summed E-state index contributed by atoms with van der Waals surface area (Å²) in [5.41, 5.74) is -0.0180. The lowest BCUT2D eigenvalue weighted by molar-refractivity contribution is -0.385. The summed E-state index contributed by atoms with van der Waals surface area (Å²) >= 11 is 5.71. The maximum Gasteiger partial charge on any atom is 0.332 e. The molecule has 0 saturated carbocycles. The second-order valence-corrected chi connectivity index (χ2v) is 4.19. The van der Waals surface area contributed by atoms with Gasteiger partial charge in [0.2, 0.25) is 17.0 Å². The van der Waals surface area contributed by atoms with Crippen LogP contribution in [0, 0.1) is 17.0 Å². The average Bonchev–Trinajstić information content (AvgIpc) is 2.33. The molecule has 0 unspecified atom stereocenters. The number of halogens is 1. The van der Waals surface area contributed by atoms with Crippen LogP contribution in [0.25, 0.3) is 0 Å². The maximum absolute atomic E-state index is 11.2. The van der Waals surface area contributed by atoms with Crippen LogP contribution in [0.4, 0.5) is 11.5 Å². The van der Waals surface area contributed by atoms with Gasteiger partial charge in [-0.1, -0.05) is 0 Å². The van der Waals surface area contributed by atoms with Crippen LogP contribution in [0.5, 0.6) is 0 Å². The summed E-state index contributed by atoms with van der Waals surface area (Å²) in [5.74, 6) is -0.0576. The summed E-state index contributed by atoms with van der Waals surface area (Å²) in [7, 11) is 3.13. The monoisotopic (exact) mass is 287 g/mol. The van der Waals surface area contributed by atoms with E-state index in [9.17, 15) is 14.9 Å². The molecule has 8 nitrogen and oxygen atoms in total. The lowest BCUT2D eigenvalue weighted by atomic mass is 10.3. The predicted octanol–water partition coefficient (Wildman–Crippen LogP) is 0.919. The first-order valence-corrected chi connectivity index (χ1v) is 5.84. The molecule has 0 atom stereocenters. The molecule has 0 saturated heterocycles. The maximum atomic E-state index is 11.2. The fourth-order valence-electron chi connectivity index (χ4n) is 1.50. The van der Waals surface area contributed by atoms with E-state index in [1.165, 1.54) is 18.9 Å². The van der Waals surface area contributed by atoms with Crippen LogP contribution in [0.15, 0.2) is 0 Å². The zero-order chi connectivity index (χ0) is 14.6. The zero-order valence-electron chi connectivity index (χ0n) is 10.8. The molecule has 0 fully saturated rings. The summed E-state index contributed by atoms with van der Waals surface area (Å²) < 4.78 is 0. The van der Waals surface area contributed by atoms with E-state index >= 15 is 0 Å². The van der Waals surface area contributed by atoms with Gasteiger partial charge in [-0.15, -0.1) is 0 Å². The van der Waals surface area contributed by atoms with Gasteiger partial charge in [0, 0.05) is 27.1 Å². The highest BCUT2D eigenvalue weighted by Crippen LogP contribution is 2.28. The summed E-state index contributed by atoms with van der Waals surface area (Å²) in [6, 6.07) is 0. The van der Waals surface area contributed by atoms with E-state index in [1.807, 2.05) is 0 Å². The number of anilines is 1. The Morgan fingerprint density at radius 2 is 2.16 bits per heavy atom. The van der Waals surface area contributed by atoms with Gasteiger partial charge in [0.15, 0.2) is 0 Å². The Bertz CT molecular complexity index is 508. The minimum atomic E-state index is -0.558. The van der Waals surface area contributed by atoms with Gasteiger partial charge >= 0.3 is 5.69 Å². The molecule has 19 heavy (non-hydrogen) atoms. The van der Waals surface area contributed by atoms with E-state index in [4.69, 9.17) is 11.6 Å². The van der Waals surface area contributed by atoms with Crippen molar-refractivity contribution in [2.75, 3.05) is 25.5 Å².